The number of nitrogens with zero attached hydrogens (tertiary/aromatic N) is 2. The third kappa shape index (κ3) is 7.77. The van der Waals surface area contributed by atoms with Crippen molar-refractivity contribution in [2.24, 2.45) is 4.99 Å². The molecule has 0 aliphatic rings. The van der Waals surface area contributed by atoms with Crippen LogP contribution in [0.3, 0.4) is 0 Å². The molecule has 0 amide bonds. The summed E-state index contributed by atoms with van der Waals surface area (Å²) in [5.41, 5.74) is 2.51. The molecular weight excluding hydrogens is 425 g/mol. The Morgan fingerprint density at radius 1 is 1.04 bits per heavy atom. The van der Waals surface area contributed by atoms with Crippen LogP contribution in [0.1, 0.15) is 17.5 Å². The van der Waals surface area contributed by atoms with Crippen LogP contribution in [0.5, 0.6) is 5.75 Å². The summed E-state index contributed by atoms with van der Waals surface area (Å²) in [5.74, 6) is 1.84. The fraction of sp³-hybridized carbons (Fsp3) is 0.350. The Balaban J connectivity index is 0.00000312. The van der Waals surface area contributed by atoms with Crippen molar-refractivity contribution in [3.05, 3.63) is 65.7 Å². The van der Waals surface area contributed by atoms with Crippen LogP contribution < -0.4 is 10.1 Å². The largest absolute Gasteiger partial charge is 0.497 e. The molecule has 1 N–H and O–H groups in total. The predicted molar refractivity (Wildman–Crippen MR) is 116 cm³/mol. The van der Waals surface area contributed by atoms with Gasteiger partial charge in [-0.15, -0.1) is 24.0 Å². The molecule has 0 atom stereocenters. The third-order valence-electron chi connectivity index (χ3n) is 3.74. The first-order valence-corrected chi connectivity index (χ1v) is 8.31. The Kier molecular flexibility index (Phi) is 9.99. The van der Waals surface area contributed by atoms with Gasteiger partial charge in [0.1, 0.15) is 5.75 Å². The van der Waals surface area contributed by atoms with E-state index in [0.29, 0.717) is 6.54 Å². The SMILES string of the molecule is COc1cccc(CCCNC(=NCc2ccccc2)N(C)C)c1.I. The molecule has 0 aromatic heterocycles. The van der Waals surface area contributed by atoms with Gasteiger partial charge in [0.2, 0.25) is 0 Å². The zero-order valence-corrected chi connectivity index (χ0v) is 17.6. The number of hydrogen-bond acceptors (Lipinski definition) is 2. The molecule has 0 bridgehead atoms. The van der Waals surface area contributed by atoms with Gasteiger partial charge in [-0.25, -0.2) is 4.99 Å². The first-order chi connectivity index (χ1) is 11.7. The van der Waals surface area contributed by atoms with E-state index in [1.54, 1.807) is 7.11 Å². The predicted octanol–water partition coefficient (Wildman–Crippen LogP) is 3.95. The summed E-state index contributed by atoms with van der Waals surface area (Å²) >= 11 is 0. The lowest BCUT2D eigenvalue weighted by Crippen LogP contribution is -2.37. The number of aryl methyl sites for hydroxylation is 1. The zero-order chi connectivity index (χ0) is 17.2. The first kappa shape index (κ1) is 21.3. The summed E-state index contributed by atoms with van der Waals surface area (Å²) in [6.07, 6.45) is 2.06. The van der Waals surface area contributed by atoms with Crippen molar-refractivity contribution < 1.29 is 4.74 Å². The highest BCUT2D eigenvalue weighted by molar-refractivity contribution is 14.0. The molecule has 136 valence electrons. The molecule has 0 aliphatic heterocycles. The van der Waals surface area contributed by atoms with Gasteiger partial charge in [0.25, 0.3) is 0 Å². The maximum atomic E-state index is 5.26. The molecular formula is C20H28IN3O. The average Bonchev–Trinajstić information content (AvgIpc) is 2.61. The van der Waals surface area contributed by atoms with Gasteiger partial charge in [0.05, 0.1) is 13.7 Å². The summed E-state index contributed by atoms with van der Waals surface area (Å²) in [6, 6.07) is 18.5. The van der Waals surface area contributed by atoms with Gasteiger partial charge in [-0.2, -0.15) is 0 Å². The van der Waals surface area contributed by atoms with E-state index < -0.39 is 0 Å². The highest BCUT2D eigenvalue weighted by Gasteiger charge is 2.02. The molecule has 0 saturated heterocycles. The smallest absolute Gasteiger partial charge is 0.193 e. The molecule has 4 nitrogen and oxygen atoms in total. The topological polar surface area (TPSA) is 36.9 Å². The van der Waals surface area contributed by atoms with Gasteiger partial charge in [-0.1, -0.05) is 42.5 Å². The zero-order valence-electron chi connectivity index (χ0n) is 15.2. The molecule has 2 aromatic rings. The number of aliphatic imine (C=N–C) groups is 1. The Morgan fingerprint density at radius 2 is 1.76 bits per heavy atom. The quantitative estimate of drug-likeness (QED) is 0.299. The number of benzene rings is 2. The molecule has 5 heteroatoms. The molecule has 0 aliphatic carbocycles. The monoisotopic (exact) mass is 453 g/mol. The highest BCUT2D eigenvalue weighted by atomic mass is 127. The molecule has 0 unspecified atom stereocenters. The number of guanidine groups is 1. The van der Waals surface area contributed by atoms with Crippen molar-refractivity contribution in [3.8, 4) is 5.75 Å². The van der Waals surface area contributed by atoms with Crippen LogP contribution in [-0.2, 0) is 13.0 Å². The van der Waals surface area contributed by atoms with Gasteiger partial charge in [-0.05, 0) is 36.1 Å². The minimum atomic E-state index is 0. The Bertz CT molecular complexity index is 644. The van der Waals surface area contributed by atoms with Crippen molar-refractivity contribution in [3.63, 3.8) is 0 Å². The Hall–Kier alpha value is -1.76. The average molecular weight is 453 g/mol. The first-order valence-electron chi connectivity index (χ1n) is 8.31. The van der Waals surface area contributed by atoms with Crippen LogP contribution in [0, 0.1) is 0 Å². The molecule has 0 heterocycles. The second-order valence-electron chi connectivity index (χ2n) is 5.90. The third-order valence-corrected chi connectivity index (χ3v) is 3.74. The lowest BCUT2D eigenvalue weighted by Gasteiger charge is -2.17. The lowest BCUT2D eigenvalue weighted by molar-refractivity contribution is 0.414. The Labute approximate surface area is 168 Å². The maximum Gasteiger partial charge on any atom is 0.193 e. The second kappa shape index (κ2) is 11.7. The number of halogens is 1. The summed E-state index contributed by atoms with van der Waals surface area (Å²) < 4.78 is 5.26. The van der Waals surface area contributed by atoms with Crippen molar-refractivity contribution in [1.82, 2.24) is 10.2 Å². The van der Waals surface area contributed by atoms with E-state index in [1.807, 2.05) is 49.3 Å². The Morgan fingerprint density at radius 3 is 2.44 bits per heavy atom. The van der Waals surface area contributed by atoms with Crippen molar-refractivity contribution in [1.29, 1.82) is 0 Å². The van der Waals surface area contributed by atoms with Gasteiger partial charge in [-0.3, -0.25) is 0 Å². The van der Waals surface area contributed by atoms with Crippen LogP contribution in [0.4, 0.5) is 0 Å². The van der Waals surface area contributed by atoms with E-state index in [9.17, 15) is 0 Å². The fourth-order valence-electron chi connectivity index (χ4n) is 2.43. The lowest BCUT2D eigenvalue weighted by atomic mass is 10.1. The van der Waals surface area contributed by atoms with E-state index in [1.165, 1.54) is 11.1 Å². The number of rotatable bonds is 7. The van der Waals surface area contributed by atoms with Gasteiger partial charge < -0.3 is 15.0 Å². The summed E-state index contributed by atoms with van der Waals surface area (Å²) in [5, 5.41) is 3.43. The van der Waals surface area contributed by atoms with Crippen LogP contribution in [0.25, 0.3) is 0 Å². The van der Waals surface area contributed by atoms with E-state index in [4.69, 9.17) is 4.74 Å². The minimum absolute atomic E-state index is 0. The molecule has 2 aromatic carbocycles. The number of hydrogen-bond donors (Lipinski definition) is 1. The summed E-state index contributed by atoms with van der Waals surface area (Å²) in [4.78, 5) is 6.70. The second-order valence-corrected chi connectivity index (χ2v) is 5.90. The van der Waals surface area contributed by atoms with E-state index in [0.717, 1.165) is 31.1 Å². The van der Waals surface area contributed by atoms with Crippen LogP contribution >= 0.6 is 24.0 Å². The van der Waals surface area contributed by atoms with Crippen LogP contribution in [0.2, 0.25) is 0 Å². The molecule has 0 saturated carbocycles. The molecule has 0 radical (unpaired) electrons. The maximum absolute atomic E-state index is 5.26. The van der Waals surface area contributed by atoms with E-state index in [-0.39, 0.29) is 24.0 Å². The molecule has 0 fully saturated rings. The number of methoxy groups -OCH3 is 1. The standard InChI is InChI=1S/C20H27N3O.HI/c1-23(2)20(22-16-18-9-5-4-6-10-18)21-14-8-12-17-11-7-13-19(15-17)24-3;/h4-7,9-11,13,15H,8,12,14,16H2,1-3H3,(H,21,22);1H. The van der Waals surface area contributed by atoms with E-state index >= 15 is 0 Å². The van der Waals surface area contributed by atoms with Gasteiger partial charge in [0.15, 0.2) is 5.96 Å². The van der Waals surface area contributed by atoms with Gasteiger partial charge in [0, 0.05) is 20.6 Å². The molecule has 2 rings (SSSR count). The number of ether oxygens (including phenoxy) is 1. The normalized spacial score (nSPS) is 10.8. The summed E-state index contributed by atoms with van der Waals surface area (Å²) in [7, 11) is 5.73. The molecule has 0 spiro atoms. The van der Waals surface area contributed by atoms with E-state index in [2.05, 4.69) is 34.6 Å². The highest BCUT2D eigenvalue weighted by Crippen LogP contribution is 2.13. The molecule has 25 heavy (non-hydrogen) atoms. The minimum Gasteiger partial charge on any atom is -0.497 e. The van der Waals surface area contributed by atoms with Crippen molar-refractivity contribution in [2.45, 2.75) is 19.4 Å². The summed E-state index contributed by atoms with van der Waals surface area (Å²) in [6.45, 7) is 1.58. The van der Waals surface area contributed by atoms with Crippen LogP contribution in [0.15, 0.2) is 59.6 Å². The van der Waals surface area contributed by atoms with Gasteiger partial charge >= 0.3 is 0 Å². The van der Waals surface area contributed by atoms with Crippen molar-refractivity contribution in [2.75, 3.05) is 27.7 Å². The fourth-order valence-corrected chi connectivity index (χ4v) is 2.43. The number of nitrogens with one attached hydrogen (secondary N) is 1. The van der Waals surface area contributed by atoms with Crippen molar-refractivity contribution >= 4 is 29.9 Å². The van der Waals surface area contributed by atoms with Crippen LogP contribution in [-0.4, -0.2) is 38.6 Å².